The van der Waals surface area contributed by atoms with Gasteiger partial charge in [-0.2, -0.15) is 5.01 Å². The molecule has 4 rings (SSSR count). The Bertz CT molecular complexity index is 839. The van der Waals surface area contributed by atoms with Crippen LogP contribution in [0.25, 0.3) is 0 Å². The molecule has 0 N–H and O–H groups in total. The fourth-order valence-electron chi connectivity index (χ4n) is 4.31. The number of aryl methyl sites for hydroxylation is 2. The lowest BCUT2D eigenvalue weighted by atomic mass is 9.74. The van der Waals surface area contributed by atoms with Crippen LogP contribution in [0.5, 0.6) is 0 Å². The summed E-state index contributed by atoms with van der Waals surface area (Å²) in [7, 11) is 0. The molecule has 5 heteroatoms. The fraction of sp³-hybridized carbons (Fsp3) is 0.417. The van der Waals surface area contributed by atoms with Crippen LogP contribution in [-0.2, 0) is 10.2 Å². The second-order valence-electron chi connectivity index (χ2n) is 8.18. The van der Waals surface area contributed by atoms with Gasteiger partial charge in [0.25, 0.3) is 5.91 Å². The minimum absolute atomic E-state index is 0.115. The van der Waals surface area contributed by atoms with Gasteiger partial charge in [-0.1, -0.05) is 84.3 Å². The van der Waals surface area contributed by atoms with Crippen LogP contribution in [-0.4, -0.2) is 40.0 Å². The molecule has 0 aliphatic carbocycles. The summed E-state index contributed by atoms with van der Waals surface area (Å²) in [4.78, 5) is 27.0. The quantitative estimate of drug-likeness (QED) is 0.710. The number of hydrazine groups is 1. The molecule has 2 aromatic rings. The first-order valence-corrected chi connectivity index (χ1v) is 11.4. The Hall–Kier alpha value is -2.11. The third kappa shape index (κ3) is 3.74. The zero-order valence-corrected chi connectivity index (χ0v) is 18.0. The average molecular weight is 409 g/mol. The lowest BCUT2D eigenvalue weighted by Gasteiger charge is -2.44. The predicted molar refractivity (Wildman–Crippen MR) is 118 cm³/mol. The van der Waals surface area contributed by atoms with E-state index in [-0.39, 0.29) is 11.1 Å². The Labute approximate surface area is 177 Å². The Kier molecular flexibility index (Phi) is 5.79. The third-order valence-corrected chi connectivity index (χ3v) is 7.09. The lowest BCUT2D eigenvalue weighted by Crippen LogP contribution is -2.60. The smallest absolute Gasteiger partial charge is 0.271 e. The molecule has 2 aliphatic rings. The minimum atomic E-state index is -0.855. The minimum Gasteiger partial charge on any atom is -0.271 e. The molecular weight excluding hydrogens is 380 g/mol. The van der Waals surface area contributed by atoms with E-state index in [0.717, 1.165) is 61.0 Å². The lowest BCUT2D eigenvalue weighted by molar-refractivity contribution is -0.145. The molecule has 29 heavy (non-hydrogen) atoms. The van der Waals surface area contributed by atoms with Crippen molar-refractivity contribution in [2.45, 2.75) is 44.9 Å². The molecule has 2 fully saturated rings. The second-order valence-corrected chi connectivity index (χ2v) is 9.10. The van der Waals surface area contributed by atoms with E-state index in [0.29, 0.717) is 5.75 Å². The van der Waals surface area contributed by atoms with Crippen LogP contribution in [0.15, 0.2) is 48.5 Å². The topological polar surface area (TPSA) is 40.6 Å². The molecule has 2 heterocycles. The number of carbonyl (C=O) groups excluding carboxylic acids is 2. The molecule has 0 spiro atoms. The van der Waals surface area contributed by atoms with Gasteiger partial charge in [0.1, 0.15) is 5.41 Å². The maximum Gasteiger partial charge on any atom is 0.303 e. The largest absolute Gasteiger partial charge is 0.303 e. The molecule has 0 aromatic heterocycles. The molecule has 0 bridgehead atoms. The average Bonchev–Trinajstić information content (AvgIpc) is 3.00. The number of hydrogen-bond donors (Lipinski definition) is 0. The van der Waals surface area contributed by atoms with Crippen molar-refractivity contribution in [3.8, 4) is 0 Å². The van der Waals surface area contributed by atoms with Crippen molar-refractivity contribution >= 4 is 22.9 Å². The Balaban J connectivity index is 1.83. The number of thioether (sulfide) groups is 1. The van der Waals surface area contributed by atoms with Crippen molar-refractivity contribution in [2.24, 2.45) is 0 Å². The number of carbonyl (C=O) groups is 2. The molecule has 0 saturated carbocycles. The van der Waals surface area contributed by atoms with E-state index in [1.165, 1.54) is 16.8 Å². The van der Waals surface area contributed by atoms with E-state index in [4.69, 9.17) is 0 Å². The van der Waals surface area contributed by atoms with E-state index < -0.39 is 5.41 Å². The molecule has 2 aliphatic heterocycles. The molecule has 2 saturated heterocycles. The highest BCUT2D eigenvalue weighted by Gasteiger charge is 2.52. The van der Waals surface area contributed by atoms with Crippen molar-refractivity contribution in [2.75, 3.05) is 18.8 Å². The summed E-state index contributed by atoms with van der Waals surface area (Å²) < 4.78 is 0. The van der Waals surface area contributed by atoms with Crippen LogP contribution in [0.2, 0.25) is 0 Å². The Morgan fingerprint density at radius 3 is 1.72 bits per heavy atom. The zero-order chi connectivity index (χ0) is 20.4. The molecule has 152 valence electrons. The summed E-state index contributed by atoms with van der Waals surface area (Å²) in [6, 6.07) is 16.4. The molecule has 4 nitrogen and oxygen atoms in total. The summed E-state index contributed by atoms with van der Waals surface area (Å²) in [5.41, 5.74) is 3.37. The van der Waals surface area contributed by atoms with Crippen LogP contribution in [0.3, 0.4) is 0 Å². The molecule has 0 radical (unpaired) electrons. The summed E-state index contributed by atoms with van der Waals surface area (Å²) in [6.45, 7) is 5.62. The Morgan fingerprint density at radius 1 is 0.759 bits per heavy atom. The fourth-order valence-corrected chi connectivity index (χ4v) is 5.43. The first kappa shape index (κ1) is 20.2. The number of amides is 2. The van der Waals surface area contributed by atoms with Crippen molar-refractivity contribution in [3.05, 3.63) is 70.8 Å². The zero-order valence-electron chi connectivity index (χ0n) is 17.2. The highest BCUT2D eigenvalue weighted by molar-refractivity contribution is 8.13. The molecule has 0 atom stereocenters. The van der Waals surface area contributed by atoms with Crippen molar-refractivity contribution < 1.29 is 9.59 Å². The first-order chi connectivity index (χ1) is 14.0. The normalized spacial score (nSPS) is 20.6. The van der Waals surface area contributed by atoms with Gasteiger partial charge in [0.15, 0.2) is 0 Å². The van der Waals surface area contributed by atoms with Gasteiger partial charge >= 0.3 is 5.24 Å². The summed E-state index contributed by atoms with van der Waals surface area (Å²) >= 11 is 1.26. The van der Waals surface area contributed by atoms with Gasteiger partial charge in [0, 0.05) is 18.8 Å². The van der Waals surface area contributed by atoms with E-state index >= 15 is 0 Å². The van der Waals surface area contributed by atoms with E-state index in [9.17, 15) is 9.59 Å². The van der Waals surface area contributed by atoms with Crippen molar-refractivity contribution in [1.82, 2.24) is 10.0 Å². The van der Waals surface area contributed by atoms with Gasteiger partial charge in [0.05, 0.1) is 0 Å². The van der Waals surface area contributed by atoms with Crippen LogP contribution >= 0.6 is 11.8 Å². The van der Waals surface area contributed by atoms with Crippen LogP contribution in [0.4, 0.5) is 4.79 Å². The highest BCUT2D eigenvalue weighted by atomic mass is 32.2. The van der Waals surface area contributed by atoms with Crippen molar-refractivity contribution in [1.29, 1.82) is 0 Å². The number of rotatable bonds is 3. The van der Waals surface area contributed by atoms with Gasteiger partial charge in [-0.3, -0.25) is 9.59 Å². The van der Waals surface area contributed by atoms with Crippen LogP contribution < -0.4 is 0 Å². The predicted octanol–water partition coefficient (Wildman–Crippen LogP) is 5.08. The van der Waals surface area contributed by atoms with Gasteiger partial charge in [-0.05, 0) is 37.8 Å². The monoisotopic (exact) mass is 408 g/mol. The van der Waals surface area contributed by atoms with Crippen molar-refractivity contribution in [3.63, 3.8) is 0 Å². The molecule has 2 amide bonds. The maximum atomic E-state index is 14.1. The Morgan fingerprint density at radius 2 is 1.24 bits per heavy atom. The molecular formula is C24H28N2O2S. The molecule has 2 aromatic carbocycles. The van der Waals surface area contributed by atoms with Gasteiger partial charge in [0.2, 0.25) is 0 Å². The highest BCUT2D eigenvalue weighted by Crippen LogP contribution is 2.43. The number of imide groups is 1. The number of nitrogens with zero attached hydrogens (tertiary/aromatic N) is 2. The molecule has 0 unspecified atom stereocenters. The van der Waals surface area contributed by atoms with Crippen LogP contribution in [0.1, 0.15) is 47.9 Å². The summed E-state index contributed by atoms with van der Waals surface area (Å²) in [6.07, 6.45) is 4.34. The second kappa shape index (κ2) is 8.33. The van der Waals surface area contributed by atoms with Gasteiger partial charge in [-0.15, -0.1) is 0 Å². The maximum absolute atomic E-state index is 14.1. The third-order valence-electron chi connectivity index (χ3n) is 6.10. The van der Waals surface area contributed by atoms with Gasteiger partial charge < -0.3 is 0 Å². The van der Waals surface area contributed by atoms with E-state index in [1.807, 2.05) is 43.1 Å². The first-order valence-electron chi connectivity index (χ1n) is 10.4. The number of benzene rings is 2. The standard InChI is InChI=1S/C24H28N2O2S/c1-18-7-11-20(12-8-18)24(21-13-9-19(2)10-14-21)17-29-23(28)26(22(24)27)25-15-5-3-4-6-16-25/h7-14H,3-6,15-17H2,1-2H3. The van der Waals surface area contributed by atoms with Crippen LogP contribution in [0, 0.1) is 13.8 Å². The van der Waals surface area contributed by atoms with E-state index in [1.54, 1.807) is 0 Å². The van der Waals surface area contributed by atoms with E-state index in [2.05, 4.69) is 24.3 Å². The SMILES string of the molecule is Cc1ccc(C2(c3ccc(C)cc3)CSC(=O)N(N3CCCCCC3)C2=O)cc1. The summed E-state index contributed by atoms with van der Waals surface area (Å²) in [5, 5.41) is 3.30. The number of hydrogen-bond acceptors (Lipinski definition) is 4. The summed E-state index contributed by atoms with van der Waals surface area (Å²) in [5.74, 6) is 0.317. The van der Waals surface area contributed by atoms with Gasteiger partial charge in [-0.25, -0.2) is 5.01 Å².